The van der Waals surface area contributed by atoms with Gasteiger partial charge in [0.1, 0.15) is 17.4 Å². The van der Waals surface area contributed by atoms with Crippen LogP contribution in [0.15, 0.2) is 36.5 Å². The van der Waals surface area contributed by atoms with Crippen LogP contribution in [-0.2, 0) is 0 Å². The van der Waals surface area contributed by atoms with Crippen molar-refractivity contribution in [2.45, 2.75) is 18.9 Å². The molecule has 1 N–H and O–H groups in total. The summed E-state index contributed by atoms with van der Waals surface area (Å²) in [6.45, 7) is 0. The number of rotatable bonds is 4. The zero-order chi connectivity index (χ0) is 21.7. The number of anilines is 1. The SMILES string of the molecule is C#Cc1c(F)ccc2cc(O)cc(-c3cc4nc(OC)ncc4c(N(C)C4CC4)n3)c12. The molecular formula is C24H19FN4O2. The third kappa shape index (κ3) is 3.17. The van der Waals surface area contributed by atoms with Crippen molar-refractivity contribution < 1.29 is 14.2 Å². The minimum atomic E-state index is -0.498. The Morgan fingerprint density at radius 3 is 2.74 bits per heavy atom. The number of ether oxygens (including phenoxy) is 1. The number of aromatic nitrogens is 3. The zero-order valence-electron chi connectivity index (χ0n) is 17.1. The maximum absolute atomic E-state index is 14.5. The van der Waals surface area contributed by atoms with Gasteiger partial charge in [0.05, 0.1) is 29.3 Å². The zero-order valence-corrected chi connectivity index (χ0v) is 17.1. The number of nitrogens with zero attached hydrogens (tertiary/aromatic N) is 4. The number of hydrogen-bond acceptors (Lipinski definition) is 6. The van der Waals surface area contributed by atoms with Gasteiger partial charge in [0.15, 0.2) is 0 Å². The van der Waals surface area contributed by atoms with E-state index in [9.17, 15) is 9.50 Å². The van der Waals surface area contributed by atoms with E-state index >= 15 is 0 Å². The Bertz CT molecular complexity index is 1390. The maximum atomic E-state index is 14.5. The Morgan fingerprint density at radius 1 is 1.23 bits per heavy atom. The standard InChI is InChI=1S/C24H19FN4O2/c1-4-16-19(25)8-5-13-9-15(30)10-17(22(13)16)20-11-21-18(12-26-24(28-21)31-3)23(27-20)29(2)14-6-7-14/h1,5,8-12,14,30H,6-7H2,2-3H3. The van der Waals surface area contributed by atoms with Crippen LogP contribution in [0.2, 0.25) is 0 Å². The fourth-order valence-corrected chi connectivity index (χ4v) is 3.90. The van der Waals surface area contributed by atoms with Crippen molar-refractivity contribution >= 4 is 27.5 Å². The first-order valence-corrected chi connectivity index (χ1v) is 9.87. The lowest BCUT2D eigenvalue weighted by molar-refractivity contribution is 0.382. The second-order valence-corrected chi connectivity index (χ2v) is 7.62. The molecule has 0 unspecified atom stereocenters. The summed E-state index contributed by atoms with van der Waals surface area (Å²) >= 11 is 0. The van der Waals surface area contributed by atoms with Crippen LogP contribution in [0.25, 0.3) is 32.9 Å². The number of terminal acetylenes is 1. The number of halogens is 1. The number of benzene rings is 2. The van der Waals surface area contributed by atoms with Gasteiger partial charge in [-0.1, -0.05) is 12.0 Å². The Kier molecular flexibility index (Phi) is 4.36. The number of pyridine rings is 1. The minimum Gasteiger partial charge on any atom is -0.508 e. The monoisotopic (exact) mass is 414 g/mol. The lowest BCUT2D eigenvalue weighted by atomic mass is 9.96. The molecular weight excluding hydrogens is 395 g/mol. The number of hydrogen-bond donors (Lipinski definition) is 1. The van der Waals surface area contributed by atoms with Crippen molar-refractivity contribution in [2.75, 3.05) is 19.1 Å². The largest absolute Gasteiger partial charge is 0.508 e. The van der Waals surface area contributed by atoms with Crippen LogP contribution in [0.1, 0.15) is 18.4 Å². The molecule has 31 heavy (non-hydrogen) atoms. The van der Waals surface area contributed by atoms with Gasteiger partial charge >= 0.3 is 6.01 Å². The Labute approximate surface area is 178 Å². The first kappa shape index (κ1) is 19.1. The summed E-state index contributed by atoms with van der Waals surface area (Å²) < 4.78 is 19.7. The van der Waals surface area contributed by atoms with Crippen LogP contribution in [-0.4, -0.2) is 40.3 Å². The lowest BCUT2D eigenvalue weighted by Gasteiger charge is -2.21. The van der Waals surface area contributed by atoms with Gasteiger partial charge in [-0.2, -0.15) is 4.98 Å². The Hall–Kier alpha value is -3.92. The van der Waals surface area contributed by atoms with Gasteiger partial charge in [-0.25, -0.2) is 14.4 Å². The lowest BCUT2D eigenvalue weighted by Crippen LogP contribution is -2.21. The molecule has 154 valence electrons. The van der Waals surface area contributed by atoms with Gasteiger partial charge in [-0.3, -0.25) is 0 Å². The topological polar surface area (TPSA) is 71.4 Å². The summed E-state index contributed by atoms with van der Waals surface area (Å²) in [5.74, 6) is 2.70. The van der Waals surface area contributed by atoms with Crippen molar-refractivity contribution in [3.8, 4) is 35.4 Å². The molecule has 0 spiro atoms. The van der Waals surface area contributed by atoms with E-state index in [1.807, 2.05) is 7.05 Å². The fourth-order valence-electron chi connectivity index (χ4n) is 3.90. The smallest absolute Gasteiger partial charge is 0.316 e. The summed E-state index contributed by atoms with van der Waals surface area (Å²) in [4.78, 5) is 15.7. The van der Waals surface area contributed by atoms with Crippen molar-refractivity contribution in [3.63, 3.8) is 0 Å². The highest BCUT2D eigenvalue weighted by Crippen LogP contribution is 2.39. The summed E-state index contributed by atoms with van der Waals surface area (Å²) in [5, 5.41) is 12.3. The quantitative estimate of drug-likeness (QED) is 0.503. The number of aromatic hydroxyl groups is 1. The first-order valence-electron chi connectivity index (χ1n) is 9.87. The van der Waals surface area contributed by atoms with E-state index in [0.29, 0.717) is 39.4 Å². The second-order valence-electron chi connectivity index (χ2n) is 7.62. The molecule has 7 heteroatoms. The van der Waals surface area contributed by atoms with E-state index in [0.717, 1.165) is 18.2 Å². The summed E-state index contributed by atoms with van der Waals surface area (Å²) in [5.41, 5.74) is 1.83. The molecule has 0 atom stereocenters. The highest BCUT2D eigenvalue weighted by atomic mass is 19.1. The van der Waals surface area contributed by atoms with E-state index < -0.39 is 5.82 Å². The van der Waals surface area contributed by atoms with Crippen LogP contribution in [0.4, 0.5) is 10.2 Å². The number of phenolic OH excluding ortho intramolecular Hbond substituents is 1. The van der Waals surface area contributed by atoms with Gasteiger partial charge in [0.2, 0.25) is 0 Å². The first-order chi connectivity index (χ1) is 15.0. The minimum absolute atomic E-state index is 0.0383. The number of methoxy groups -OCH3 is 1. The normalized spacial score (nSPS) is 13.4. The molecule has 6 nitrogen and oxygen atoms in total. The number of phenols is 1. The third-order valence-corrected chi connectivity index (χ3v) is 5.62. The fraction of sp³-hybridized carbons (Fsp3) is 0.208. The molecule has 0 radical (unpaired) electrons. The summed E-state index contributed by atoms with van der Waals surface area (Å²) in [7, 11) is 3.49. The summed E-state index contributed by atoms with van der Waals surface area (Å²) in [6.07, 6.45) is 9.50. The van der Waals surface area contributed by atoms with Crippen LogP contribution < -0.4 is 9.64 Å². The van der Waals surface area contributed by atoms with E-state index in [-0.39, 0.29) is 17.3 Å². The van der Waals surface area contributed by atoms with Crippen LogP contribution >= 0.6 is 0 Å². The highest BCUT2D eigenvalue weighted by Gasteiger charge is 2.29. The molecule has 5 rings (SSSR count). The summed E-state index contributed by atoms with van der Waals surface area (Å²) in [6, 6.07) is 8.42. The van der Waals surface area contributed by atoms with Gasteiger partial charge in [-0.15, -0.1) is 6.42 Å². The van der Waals surface area contributed by atoms with E-state index in [2.05, 4.69) is 20.8 Å². The van der Waals surface area contributed by atoms with E-state index in [1.165, 1.54) is 13.2 Å². The molecule has 1 saturated carbocycles. The molecule has 2 aromatic carbocycles. The highest BCUT2D eigenvalue weighted by molar-refractivity contribution is 6.03. The van der Waals surface area contributed by atoms with Crippen LogP contribution in [0.3, 0.4) is 0 Å². The average Bonchev–Trinajstić information content (AvgIpc) is 3.62. The predicted octanol–water partition coefficient (Wildman–Crippen LogP) is 4.28. The molecule has 0 aliphatic heterocycles. The second kappa shape index (κ2) is 7.10. The van der Waals surface area contributed by atoms with Crippen molar-refractivity contribution in [2.24, 2.45) is 0 Å². The van der Waals surface area contributed by atoms with Gasteiger partial charge in [-0.05, 0) is 42.5 Å². The maximum Gasteiger partial charge on any atom is 0.316 e. The molecule has 4 aromatic rings. The molecule has 0 saturated heterocycles. The predicted molar refractivity (Wildman–Crippen MR) is 118 cm³/mol. The number of fused-ring (bicyclic) bond motifs is 2. The van der Waals surface area contributed by atoms with E-state index in [1.54, 1.807) is 30.5 Å². The van der Waals surface area contributed by atoms with Gasteiger partial charge in [0.25, 0.3) is 0 Å². The van der Waals surface area contributed by atoms with Gasteiger partial charge in [0, 0.05) is 30.2 Å². The Morgan fingerprint density at radius 2 is 2.03 bits per heavy atom. The molecule has 1 aliphatic carbocycles. The molecule has 2 heterocycles. The van der Waals surface area contributed by atoms with Crippen molar-refractivity contribution in [1.29, 1.82) is 0 Å². The van der Waals surface area contributed by atoms with E-state index in [4.69, 9.17) is 16.1 Å². The molecule has 2 aromatic heterocycles. The third-order valence-electron chi connectivity index (χ3n) is 5.62. The van der Waals surface area contributed by atoms with Crippen molar-refractivity contribution in [3.05, 3.63) is 47.9 Å². The van der Waals surface area contributed by atoms with Crippen molar-refractivity contribution in [1.82, 2.24) is 15.0 Å². The van der Waals surface area contributed by atoms with Gasteiger partial charge < -0.3 is 14.7 Å². The molecule has 1 fully saturated rings. The molecule has 0 bridgehead atoms. The Balaban J connectivity index is 1.86. The molecule has 1 aliphatic rings. The van der Waals surface area contributed by atoms with Crippen LogP contribution in [0, 0.1) is 18.2 Å². The molecule has 0 amide bonds. The average molecular weight is 414 g/mol. The van der Waals surface area contributed by atoms with Crippen LogP contribution in [0.5, 0.6) is 11.8 Å².